The van der Waals surface area contributed by atoms with E-state index in [2.05, 4.69) is 15.0 Å². The van der Waals surface area contributed by atoms with Crippen LogP contribution < -0.4 is 5.56 Å². The molecular weight excluding hydrogens is 374 g/mol. The molecule has 0 bridgehead atoms. The van der Waals surface area contributed by atoms with Crippen molar-refractivity contribution >= 4 is 17.4 Å². The van der Waals surface area contributed by atoms with Crippen LogP contribution in [0, 0.1) is 11.6 Å². The number of fused-ring (bicyclic) bond motifs is 2. The Hall–Kier alpha value is -3.74. The topological polar surface area (TPSA) is 60.1 Å². The highest BCUT2D eigenvalue weighted by Gasteiger charge is 2.18. The van der Waals surface area contributed by atoms with E-state index in [1.165, 1.54) is 16.7 Å². The minimum atomic E-state index is -0.715. The van der Waals surface area contributed by atoms with Crippen molar-refractivity contribution < 1.29 is 8.78 Å². The van der Waals surface area contributed by atoms with E-state index >= 15 is 0 Å². The van der Waals surface area contributed by atoms with Gasteiger partial charge in [0.2, 0.25) is 0 Å². The molecule has 5 nitrogen and oxygen atoms in total. The van der Waals surface area contributed by atoms with Crippen LogP contribution in [-0.2, 0) is 13.1 Å². The molecule has 0 fully saturated rings. The average Bonchev–Trinajstić information content (AvgIpc) is 3.21. The number of benzene rings is 2. The molecule has 2 aromatic heterocycles. The van der Waals surface area contributed by atoms with E-state index in [1.54, 1.807) is 24.5 Å². The van der Waals surface area contributed by atoms with Crippen LogP contribution in [0.2, 0.25) is 0 Å². The summed E-state index contributed by atoms with van der Waals surface area (Å²) < 4.78 is 31.2. The summed E-state index contributed by atoms with van der Waals surface area (Å²) in [4.78, 5) is 24.6. The van der Waals surface area contributed by atoms with Gasteiger partial charge in [0.25, 0.3) is 5.56 Å². The molecule has 1 aliphatic heterocycles. The molecule has 5 rings (SSSR count). The predicted molar refractivity (Wildman–Crippen MR) is 106 cm³/mol. The number of hydrogen-bond donors (Lipinski definition) is 0. The molecule has 0 unspecified atom stereocenters. The van der Waals surface area contributed by atoms with Crippen molar-refractivity contribution in [3.63, 3.8) is 0 Å². The molecular formula is C22H14F2N4O. The monoisotopic (exact) mass is 388 g/mol. The molecule has 142 valence electrons. The highest BCUT2D eigenvalue weighted by Crippen LogP contribution is 2.31. The van der Waals surface area contributed by atoms with Crippen LogP contribution in [0.15, 0.2) is 64.6 Å². The van der Waals surface area contributed by atoms with E-state index in [9.17, 15) is 13.6 Å². The number of nitrogens with zero attached hydrogens (tertiary/aromatic N) is 4. The number of hydrogen-bond acceptors (Lipinski definition) is 4. The molecule has 0 spiro atoms. The number of aliphatic imine (C=N–C) groups is 1. The highest BCUT2D eigenvalue weighted by atomic mass is 19.1. The molecule has 29 heavy (non-hydrogen) atoms. The molecule has 2 aromatic carbocycles. The maximum absolute atomic E-state index is 14.9. The maximum Gasteiger partial charge on any atom is 0.269 e. The molecule has 7 heteroatoms. The van der Waals surface area contributed by atoms with Gasteiger partial charge in [-0.25, -0.2) is 18.7 Å². The summed E-state index contributed by atoms with van der Waals surface area (Å²) in [5.74, 6) is -1.43. The number of halogens is 2. The van der Waals surface area contributed by atoms with Gasteiger partial charge in [-0.05, 0) is 41.0 Å². The first-order valence-electron chi connectivity index (χ1n) is 9.02. The Bertz CT molecular complexity index is 1340. The van der Waals surface area contributed by atoms with Crippen LogP contribution in [-0.4, -0.2) is 20.7 Å². The summed E-state index contributed by atoms with van der Waals surface area (Å²) in [7, 11) is 0. The van der Waals surface area contributed by atoms with Gasteiger partial charge in [0.05, 0.1) is 24.8 Å². The Morgan fingerprint density at radius 3 is 2.69 bits per heavy atom. The molecule has 3 heterocycles. The molecule has 0 atom stereocenters. The van der Waals surface area contributed by atoms with Crippen molar-refractivity contribution in [1.82, 2.24) is 14.5 Å². The van der Waals surface area contributed by atoms with Gasteiger partial charge in [0.15, 0.2) is 5.65 Å². The molecule has 0 radical (unpaired) electrons. The van der Waals surface area contributed by atoms with Crippen LogP contribution in [0.3, 0.4) is 0 Å². The van der Waals surface area contributed by atoms with Crippen molar-refractivity contribution in [3.05, 3.63) is 93.5 Å². The van der Waals surface area contributed by atoms with Gasteiger partial charge < -0.3 is 0 Å². The normalized spacial score (nSPS) is 12.5. The van der Waals surface area contributed by atoms with E-state index in [4.69, 9.17) is 0 Å². The average molecular weight is 388 g/mol. The zero-order chi connectivity index (χ0) is 20.0. The first kappa shape index (κ1) is 17.4. The van der Waals surface area contributed by atoms with Crippen LogP contribution in [0.4, 0.5) is 8.78 Å². The SMILES string of the molecule is O=c1cnc2ncccc2n1Cc1c(F)cc(-c2cccc3c2C=NC3)cc1F. The Morgan fingerprint density at radius 1 is 1.03 bits per heavy atom. The van der Waals surface area contributed by atoms with E-state index in [1.807, 2.05) is 18.2 Å². The van der Waals surface area contributed by atoms with Crippen molar-refractivity contribution in [2.75, 3.05) is 0 Å². The second kappa shape index (κ2) is 6.70. The minimum absolute atomic E-state index is 0.187. The molecule has 0 saturated carbocycles. The van der Waals surface area contributed by atoms with Crippen LogP contribution in [0.25, 0.3) is 22.3 Å². The zero-order valence-corrected chi connectivity index (χ0v) is 15.1. The molecule has 0 aliphatic carbocycles. The molecule has 1 aliphatic rings. The molecule has 0 amide bonds. The number of pyridine rings is 1. The van der Waals surface area contributed by atoms with Gasteiger partial charge in [-0.2, -0.15) is 0 Å². The van der Waals surface area contributed by atoms with Crippen molar-refractivity contribution in [2.45, 2.75) is 13.1 Å². The third-order valence-corrected chi connectivity index (χ3v) is 5.07. The number of aromatic nitrogens is 3. The Kier molecular flexibility index (Phi) is 4.01. The van der Waals surface area contributed by atoms with Gasteiger partial charge >= 0.3 is 0 Å². The summed E-state index contributed by atoms with van der Waals surface area (Å²) >= 11 is 0. The van der Waals surface area contributed by atoms with Gasteiger partial charge in [-0.3, -0.25) is 14.4 Å². The van der Waals surface area contributed by atoms with Gasteiger partial charge in [0.1, 0.15) is 11.6 Å². The standard InChI is InChI=1S/C22H14F2N4O/c23-18-7-14(15-4-1-3-13-9-25-10-16(13)15)8-19(24)17(18)12-28-20-5-2-6-26-22(20)27-11-21(28)29/h1-8,10-11H,9,12H2. The van der Waals surface area contributed by atoms with Crippen LogP contribution >= 0.6 is 0 Å². The fraction of sp³-hybridized carbons (Fsp3) is 0.0909. The van der Waals surface area contributed by atoms with Gasteiger partial charge in [-0.1, -0.05) is 18.2 Å². The summed E-state index contributed by atoms with van der Waals surface area (Å²) in [6.45, 7) is 0.314. The second-order valence-electron chi connectivity index (χ2n) is 6.80. The maximum atomic E-state index is 14.9. The number of rotatable bonds is 3. The lowest BCUT2D eigenvalue weighted by atomic mass is 9.96. The van der Waals surface area contributed by atoms with Crippen molar-refractivity contribution in [2.24, 2.45) is 4.99 Å². The lowest BCUT2D eigenvalue weighted by molar-refractivity contribution is 0.545. The minimum Gasteiger partial charge on any atom is -0.299 e. The van der Waals surface area contributed by atoms with E-state index in [-0.39, 0.29) is 12.1 Å². The third kappa shape index (κ3) is 2.91. The molecule has 0 saturated heterocycles. The third-order valence-electron chi connectivity index (χ3n) is 5.07. The summed E-state index contributed by atoms with van der Waals surface area (Å²) in [6, 6.07) is 11.5. The fourth-order valence-electron chi connectivity index (χ4n) is 3.62. The first-order chi connectivity index (χ1) is 14.1. The zero-order valence-electron chi connectivity index (χ0n) is 15.1. The Balaban J connectivity index is 1.61. The second-order valence-corrected chi connectivity index (χ2v) is 6.80. The first-order valence-corrected chi connectivity index (χ1v) is 9.02. The quantitative estimate of drug-likeness (QED) is 0.538. The fourth-order valence-corrected chi connectivity index (χ4v) is 3.62. The summed E-state index contributed by atoms with van der Waals surface area (Å²) in [5.41, 5.74) is 3.17. The van der Waals surface area contributed by atoms with E-state index < -0.39 is 17.2 Å². The van der Waals surface area contributed by atoms with Crippen LogP contribution in [0.1, 0.15) is 16.7 Å². The Labute approximate surface area is 164 Å². The Morgan fingerprint density at radius 2 is 1.86 bits per heavy atom. The van der Waals surface area contributed by atoms with E-state index in [0.29, 0.717) is 23.3 Å². The molecule has 0 N–H and O–H groups in total. The van der Waals surface area contributed by atoms with Gasteiger partial charge in [-0.15, -0.1) is 0 Å². The molecule has 4 aromatic rings. The lowest BCUT2D eigenvalue weighted by Gasteiger charge is -2.13. The summed E-state index contributed by atoms with van der Waals surface area (Å²) in [5, 5.41) is 0. The predicted octanol–water partition coefficient (Wildman–Crippen LogP) is 3.72. The van der Waals surface area contributed by atoms with Crippen molar-refractivity contribution in [1.29, 1.82) is 0 Å². The largest absolute Gasteiger partial charge is 0.299 e. The highest BCUT2D eigenvalue weighted by molar-refractivity contribution is 5.94. The summed E-state index contributed by atoms with van der Waals surface area (Å²) in [6.07, 6.45) is 4.37. The van der Waals surface area contributed by atoms with Gasteiger partial charge in [0, 0.05) is 23.5 Å². The van der Waals surface area contributed by atoms with Crippen LogP contribution in [0.5, 0.6) is 0 Å². The lowest BCUT2D eigenvalue weighted by Crippen LogP contribution is -2.22. The van der Waals surface area contributed by atoms with E-state index in [0.717, 1.165) is 22.9 Å². The van der Waals surface area contributed by atoms with Crippen molar-refractivity contribution in [3.8, 4) is 11.1 Å². The smallest absolute Gasteiger partial charge is 0.269 e.